The van der Waals surface area contributed by atoms with Gasteiger partial charge in [-0.05, 0) is 66.9 Å². The number of ether oxygens (including phenoxy) is 2. The van der Waals surface area contributed by atoms with E-state index in [4.69, 9.17) is 37.7 Å². The van der Waals surface area contributed by atoms with Crippen molar-refractivity contribution >= 4 is 54.9 Å². The molecule has 2 amide bonds. The van der Waals surface area contributed by atoms with E-state index in [1.54, 1.807) is 53.1 Å². The average Bonchev–Trinajstić information content (AvgIpc) is 3.52. The van der Waals surface area contributed by atoms with E-state index in [0.717, 1.165) is 11.1 Å². The Morgan fingerprint density at radius 2 is 1.48 bits per heavy atom. The molecule has 0 saturated carbocycles. The van der Waals surface area contributed by atoms with Gasteiger partial charge in [0.05, 0.1) is 42.1 Å². The van der Waals surface area contributed by atoms with Crippen LogP contribution in [0.5, 0.6) is 5.75 Å². The second-order valence-corrected chi connectivity index (χ2v) is 18.2. The van der Waals surface area contributed by atoms with Crippen LogP contribution in [-0.4, -0.2) is 125 Å². The number of aliphatic imine (C=N–C) groups is 1. The topological polar surface area (TPSA) is 129 Å². The number of rotatable bonds is 10. The summed E-state index contributed by atoms with van der Waals surface area (Å²) in [5.74, 6) is 0.704. The lowest BCUT2D eigenvalue weighted by atomic mass is 9.93. The summed E-state index contributed by atoms with van der Waals surface area (Å²) >= 11 is 12.6. The quantitative estimate of drug-likeness (QED) is 0.279. The largest absolute Gasteiger partial charge is 0.493 e. The number of amides is 2. The zero-order valence-electron chi connectivity index (χ0n) is 29.4. The van der Waals surface area contributed by atoms with Crippen molar-refractivity contribution in [2.45, 2.75) is 30.8 Å². The number of hydrogen-bond donors (Lipinski definition) is 0. The first-order valence-corrected chi connectivity index (χ1v) is 21.4. The molecule has 0 bridgehead atoms. The van der Waals surface area contributed by atoms with Crippen molar-refractivity contribution in [2.24, 2.45) is 4.99 Å². The third-order valence-electron chi connectivity index (χ3n) is 9.52. The molecule has 0 N–H and O–H groups in total. The number of morpholine rings is 1. The smallest absolute Gasteiger partial charge is 0.326 e. The molecule has 16 heteroatoms. The van der Waals surface area contributed by atoms with Gasteiger partial charge in [0.25, 0.3) is 0 Å². The number of urea groups is 1. The van der Waals surface area contributed by atoms with E-state index in [0.29, 0.717) is 79.5 Å². The molecule has 0 spiro atoms. The molecule has 2 fully saturated rings. The van der Waals surface area contributed by atoms with Crippen LogP contribution in [0.1, 0.15) is 41.3 Å². The van der Waals surface area contributed by atoms with Gasteiger partial charge in [0.15, 0.2) is 0 Å². The molecule has 2 atom stereocenters. The Morgan fingerprint density at radius 1 is 0.885 bits per heavy atom. The molecule has 3 heterocycles. The van der Waals surface area contributed by atoms with Crippen LogP contribution < -0.4 is 4.74 Å². The van der Waals surface area contributed by atoms with Gasteiger partial charge >= 0.3 is 6.03 Å². The summed E-state index contributed by atoms with van der Waals surface area (Å²) in [4.78, 5) is 25.7. The highest BCUT2D eigenvalue weighted by Gasteiger charge is 2.45. The van der Waals surface area contributed by atoms with Crippen LogP contribution in [0.2, 0.25) is 10.0 Å². The molecule has 6 rings (SSSR count). The first kappa shape index (κ1) is 38.5. The number of sulfonamides is 1. The van der Waals surface area contributed by atoms with E-state index in [1.165, 1.54) is 10.6 Å². The third-order valence-corrected chi connectivity index (χ3v) is 13.0. The van der Waals surface area contributed by atoms with Crippen LogP contribution in [0.3, 0.4) is 0 Å². The van der Waals surface area contributed by atoms with Crippen LogP contribution in [0.25, 0.3) is 0 Å². The zero-order chi connectivity index (χ0) is 37.2. The van der Waals surface area contributed by atoms with Gasteiger partial charge < -0.3 is 14.4 Å². The van der Waals surface area contributed by atoms with E-state index in [9.17, 15) is 21.6 Å². The molecule has 0 aliphatic carbocycles. The standard InChI is InChI=1S/C36H43Cl2N5O7S2/c1-4-50-31-23-25(2)32(52(47,48)42-17-20-49-21-18-42)24-30(31)35-39-33(26-5-9-28(37)10-6-26)34(27-7-11-29(38)12-8-27)43(35)36(44)41-15-13-40(14-16-41)19-22-51(3,45)46/h5-12,23-24,33-34H,4,13-22H2,1-3H3/t33-,34+/m0/s1. The number of carbonyl (C=O) groups excluding carboxylic acids is 1. The Labute approximate surface area is 315 Å². The maximum Gasteiger partial charge on any atom is 0.326 e. The number of aryl methyl sites for hydroxylation is 1. The molecule has 3 aliphatic heterocycles. The second kappa shape index (κ2) is 16.0. The fourth-order valence-corrected chi connectivity index (χ4v) is 9.26. The van der Waals surface area contributed by atoms with Crippen molar-refractivity contribution in [1.82, 2.24) is 19.0 Å². The summed E-state index contributed by atoms with van der Waals surface area (Å²) in [6.07, 6.45) is 1.22. The van der Waals surface area contributed by atoms with Crippen molar-refractivity contribution in [2.75, 3.05) is 77.6 Å². The van der Waals surface area contributed by atoms with Crippen LogP contribution >= 0.6 is 23.2 Å². The van der Waals surface area contributed by atoms with E-state index >= 15 is 0 Å². The molecule has 3 aromatic carbocycles. The third kappa shape index (κ3) is 8.43. The summed E-state index contributed by atoms with van der Waals surface area (Å²) in [5, 5.41) is 1.08. The minimum atomic E-state index is -3.95. The summed E-state index contributed by atoms with van der Waals surface area (Å²) < 4.78 is 64.9. The van der Waals surface area contributed by atoms with Crippen molar-refractivity contribution in [3.63, 3.8) is 0 Å². The van der Waals surface area contributed by atoms with Gasteiger partial charge in [-0.25, -0.2) is 21.6 Å². The molecule has 2 saturated heterocycles. The zero-order valence-corrected chi connectivity index (χ0v) is 32.5. The fourth-order valence-electron chi connectivity index (χ4n) is 6.78. The summed E-state index contributed by atoms with van der Waals surface area (Å²) in [5.41, 5.74) is 2.45. The molecule has 52 heavy (non-hydrogen) atoms. The lowest BCUT2D eigenvalue weighted by Gasteiger charge is -2.39. The molecule has 3 aliphatic rings. The van der Waals surface area contributed by atoms with E-state index in [-0.39, 0.29) is 35.6 Å². The SMILES string of the molecule is CCOc1cc(C)c(S(=O)(=O)N2CCOCC2)cc1C1=N[C@@H](c2ccc(Cl)cc2)[C@@H](c2ccc(Cl)cc2)N1C(=O)N1CCN(CCS(C)(=O)=O)CC1. The highest BCUT2D eigenvalue weighted by atomic mass is 35.5. The number of amidine groups is 1. The highest BCUT2D eigenvalue weighted by Crippen LogP contribution is 2.46. The van der Waals surface area contributed by atoms with Crippen LogP contribution in [0.15, 0.2) is 70.6 Å². The Bertz CT molecular complexity index is 2020. The molecular weight excluding hydrogens is 749 g/mol. The van der Waals surface area contributed by atoms with Gasteiger partial charge in [-0.15, -0.1) is 0 Å². The Morgan fingerprint density at radius 3 is 2.06 bits per heavy atom. The maximum atomic E-state index is 15.0. The van der Waals surface area contributed by atoms with Crippen molar-refractivity contribution in [1.29, 1.82) is 0 Å². The number of benzene rings is 3. The van der Waals surface area contributed by atoms with Crippen molar-refractivity contribution in [3.8, 4) is 5.75 Å². The van der Waals surface area contributed by atoms with E-state index in [2.05, 4.69) is 0 Å². The predicted octanol–water partition coefficient (Wildman–Crippen LogP) is 5.05. The molecule has 0 radical (unpaired) electrons. The van der Waals surface area contributed by atoms with Gasteiger partial charge in [0.1, 0.15) is 27.5 Å². The number of nitrogens with zero attached hydrogens (tertiary/aromatic N) is 5. The number of carbonyl (C=O) groups is 1. The summed E-state index contributed by atoms with van der Waals surface area (Å²) in [6, 6.07) is 16.3. The van der Waals surface area contributed by atoms with Crippen LogP contribution in [0.4, 0.5) is 4.79 Å². The molecule has 0 aromatic heterocycles. The summed E-state index contributed by atoms with van der Waals surface area (Å²) in [6.45, 7) is 6.98. The fraction of sp³-hybridized carbons (Fsp3) is 0.444. The van der Waals surface area contributed by atoms with Crippen molar-refractivity contribution in [3.05, 3.63) is 93.0 Å². The first-order valence-electron chi connectivity index (χ1n) is 17.2. The Balaban J connectivity index is 1.49. The van der Waals surface area contributed by atoms with Crippen molar-refractivity contribution < 1.29 is 31.1 Å². The first-order chi connectivity index (χ1) is 24.8. The molecule has 12 nitrogen and oxygen atoms in total. The number of piperazine rings is 1. The highest BCUT2D eigenvalue weighted by molar-refractivity contribution is 7.90. The Kier molecular flexibility index (Phi) is 11.8. The maximum absolute atomic E-state index is 15.0. The van der Waals surface area contributed by atoms with Gasteiger partial charge in [0, 0.05) is 62.1 Å². The van der Waals surface area contributed by atoms with Crippen LogP contribution in [-0.2, 0) is 24.6 Å². The lowest BCUT2D eigenvalue weighted by Crippen LogP contribution is -2.54. The minimum absolute atomic E-state index is 0.0363. The minimum Gasteiger partial charge on any atom is -0.493 e. The predicted molar refractivity (Wildman–Crippen MR) is 202 cm³/mol. The van der Waals surface area contributed by atoms with Gasteiger partial charge in [-0.3, -0.25) is 14.8 Å². The average molecular weight is 793 g/mol. The molecule has 3 aromatic rings. The monoisotopic (exact) mass is 791 g/mol. The number of halogens is 2. The number of sulfone groups is 1. The lowest BCUT2D eigenvalue weighted by molar-refractivity contribution is 0.0730. The van der Waals surface area contributed by atoms with Gasteiger partial charge in [-0.2, -0.15) is 4.31 Å². The van der Waals surface area contributed by atoms with Gasteiger partial charge in [-0.1, -0.05) is 47.5 Å². The number of hydrogen-bond acceptors (Lipinski definition) is 9. The second-order valence-electron chi connectivity index (χ2n) is 13.1. The van der Waals surface area contributed by atoms with E-state index < -0.39 is 31.9 Å². The summed E-state index contributed by atoms with van der Waals surface area (Å²) in [7, 11) is -7.09. The normalized spacial score (nSPS) is 20.6. The molecule has 0 unspecified atom stereocenters. The molecule has 280 valence electrons. The molecular formula is C36H43Cl2N5O7S2. The van der Waals surface area contributed by atoms with Gasteiger partial charge in [0.2, 0.25) is 10.0 Å². The van der Waals surface area contributed by atoms with E-state index in [1.807, 2.05) is 36.1 Å². The Hall–Kier alpha value is -3.24. The van der Waals surface area contributed by atoms with Crippen LogP contribution in [0, 0.1) is 6.92 Å².